The van der Waals surface area contributed by atoms with Crippen LogP contribution in [0.25, 0.3) is 0 Å². The molecule has 0 bridgehead atoms. The Morgan fingerprint density at radius 2 is 1.50 bits per heavy atom. The second kappa shape index (κ2) is 3.04. The van der Waals surface area contributed by atoms with E-state index in [1.54, 1.807) is 0 Å². The van der Waals surface area contributed by atoms with Gasteiger partial charge in [0, 0.05) is 0 Å². The summed E-state index contributed by atoms with van der Waals surface area (Å²) in [7, 11) is 0. The minimum atomic E-state index is -0.780. The van der Waals surface area contributed by atoms with Crippen molar-refractivity contribution in [3.05, 3.63) is 0 Å². The molecule has 1 saturated carbocycles. The van der Waals surface area contributed by atoms with Crippen LogP contribution in [0, 0.1) is 0 Å². The van der Waals surface area contributed by atoms with Crippen LogP contribution in [0.2, 0.25) is 0 Å². The van der Waals surface area contributed by atoms with Crippen LogP contribution in [0.4, 0.5) is 0 Å². The molecule has 0 aromatic heterocycles. The van der Waals surface area contributed by atoms with E-state index in [-0.39, 0.29) is 3.23 Å². The highest BCUT2D eigenvalue weighted by molar-refractivity contribution is 9.26. The Bertz CT molecular complexity index is 117. The molecule has 0 saturated heterocycles. The van der Waals surface area contributed by atoms with Crippen molar-refractivity contribution in [3.63, 3.8) is 0 Å². The van der Waals surface area contributed by atoms with E-state index < -0.39 is 4.51 Å². The van der Waals surface area contributed by atoms with Gasteiger partial charge in [0.2, 0.25) is 0 Å². The third-order valence-electron chi connectivity index (χ3n) is 1.81. The Labute approximate surface area is 86.0 Å². The second-order valence-corrected chi connectivity index (χ2v) is 7.75. The monoisotopic (exact) mass is 334 g/mol. The molecule has 1 unspecified atom stereocenters. The highest BCUT2D eigenvalue weighted by Gasteiger charge is 2.46. The first kappa shape index (κ1) is 9.49. The zero-order chi connectivity index (χ0) is 7.83. The molecule has 0 aromatic carbocycles. The highest BCUT2D eigenvalue weighted by atomic mass is 79.9. The van der Waals surface area contributed by atoms with Crippen LogP contribution in [0.3, 0.4) is 0 Å². The van der Waals surface area contributed by atoms with Gasteiger partial charge in [-0.15, -0.1) is 0 Å². The number of rotatable bonds is 0. The van der Waals surface area contributed by atoms with Gasteiger partial charge >= 0.3 is 0 Å². The van der Waals surface area contributed by atoms with E-state index in [4.69, 9.17) is 0 Å². The SMILES string of the molecule is OC1(Br)CCCCC1(Br)Br. The predicted molar refractivity (Wildman–Crippen MR) is 52.9 cm³/mol. The number of alkyl halides is 3. The Morgan fingerprint density at radius 3 is 1.80 bits per heavy atom. The summed E-state index contributed by atoms with van der Waals surface area (Å²) in [6.07, 6.45) is 3.99. The average Bonchev–Trinajstić information content (AvgIpc) is 1.77. The van der Waals surface area contributed by atoms with E-state index in [0.717, 1.165) is 25.7 Å². The van der Waals surface area contributed by atoms with E-state index in [0.29, 0.717) is 0 Å². The van der Waals surface area contributed by atoms with Crippen molar-refractivity contribution in [2.75, 3.05) is 0 Å². The maximum Gasteiger partial charge on any atom is 0.144 e. The average molecular weight is 337 g/mol. The lowest BCUT2D eigenvalue weighted by Gasteiger charge is -2.38. The molecule has 1 N–H and O–H groups in total. The van der Waals surface area contributed by atoms with Gasteiger partial charge in [-0.25, -0.2) is 0 Å². The van der Waals surface area contributed by atoms with Crippen LogP contribution in [0.1, 0.15) is 25.7 Å². The van der Waals surface area contributed by atoms with E-state index >= 15 is 0 Å². The molecule has 1 atom stereocenters. The normalized spacial score (nSPS) is 39.6. The van der Waals surface area contributed by atoms with Crippen LogP contribution in [-0.4, -0.2) is 12.9 Å². The molecule has 1 rings (SSSR count). The molecular formula is C6H9Br3O. The molecular weight excluding hydrogens is 328 g/mol. The van der Waals surface area contributed by atoms with Crippen molar-refractivity contribution in [3.8, 4) is 0 Å². The molecule has 0 spiro atoms. The lowest BCUT2D eigenvalue weighted by atomic mass is 9.97. The van der Waals surface area contributed by atoms with Crippen molar-refractivity contribution in [2.45, 2.75) is 33.4 Å². The van der Waals surface area contributed by atoms with Crippen molar-refractivity contribution in [2.24, 2.45) is 0 Å². The lowest BCUT2D eigenvalue weighted by Crippen LogP contribution is -2.42. The fourth-order valence-electron chi connectivity index (χ4n) is 1.08. The number of hydrogen-bond acceptors (Lipinski definition) is 1. The first-order chi connectivity index (χ1) is 4.46. The summed E-state index contributed by atoms with van der Waals surface area (Å²) in [5.41, 5.74) is 0. The Balaban J connectivity index is 2.70. The van der Waals surface area contributed by atoms with Gasteiger partial charge in [0.1, 0.15) is 7.74 Å². The van der Waals surface area contributed by atoms with Gasteiger partial charge in [0.05, 0.1) is 0 Å². The van der Waals surface area contributed by atoms with E-state index in [1.807, 2.05) is 0 Å². The van der Waals surface area contributed by atoms with Crippen LogP contribution in [0.15, 0.2) is 0 Å². The third-order valence-corrected chi connectivity index (χ3v) is 6.05. The van der Waals surface area contributed by atoms with Gasteiger partial charge in [-0.3, -0.25) is 0 Å². The topological polar surface area (TPSA) is 20.2 Å². The van der Waals surface area contributed by atoms with E-state index in [9.17, 15) is 5.11 Å². The molecule has 0 radical (unpaired) electrons. The second-order valence-electron chi connectivity index (χ2n) is 2.67. The first-order valence-corrected chi connectivity index (χ1v) is 5.63. The Hall–Kier alpha value is 1.40. The van der Waals surface area contributed by atoms with Crippen LogP contribution in [-0.2, 0) is 0 Å². The molecule has 0 amide bonds. The lowest BCUT2D eigenvalue weighted by molar-refractivity contribution is 0.102. The maximum absolute atomic E-state index is 9.73. The van der Waals surface area contributed by atoms with Crippen LogP contribution in [0.5, 0.6) is 0 Å². The zero-order valence-corrected chi connectivity index (χ0v) is 10.2. The molecule has 10 heavy (non-hydrogen) atoms. The van der Waals surface area contributed by atoms with Gasteiger partial charge in [-0.2, -0.15) is 0 Å². The predicted octanol–water partition coefficient (Wildman–Crippen LogP) is 3.13. The molecule has 60 valence electrons. The fraction of sp³-hybridized carbons (Fsp3) is 1.00. The maximum atomic E-state index is 9.73. The standard InChI is InChI=1S/C6H9Br3O/c7-5(8)3-1-2-4-6(5,9)10/h10H,1-4H2. The van der Waals surface area contributed by atoms with E-state index in [1.165, 1.54) is 0 Å². The number of halogens is 3. The molecule has 1 nitrogen and oxygen atoms in total. The largest absolute Gasteiger partial charge is 0.376 e. The Kier molecular flexibility index (Phi) is 2.88. The van der Waals surface area contributed by atoms with Gasteiger partial charge in [0.15, 0.2) is 0 Å². The van der Waals surface area contributed by atoms with Gasteiger partial charge < -0.3 is 5.11 Å². The molecule has 0 heterocycles. The summed E-state index contributed by atoms with van der Waals surface area (Å²) in [6, 6.07) is 0. The summed E-state index contributed by atoms with van der Waals surface area (Å²) < 4.78 is -1.11. The minimum Gasteiger partial charge on any atom is -0.376 e. The van der Waals surface area contributed by atoms with Gasteiger partial charge in [-0.05, 0) is 19.3 Å². The summed E-state index contributed by atoms with van der Waals surface area (Å²) in [5.74, 6) is 0. The molecule has 0 aliphatic heterocycles. The highest BCUT2D eigenvalue weighted by Crippen LogP contribution is 2.51. The van der Waals surface area contributed by atoms with Crippen molar-refractivity contribution >= 4 is 47.8 Å². The van der Waals surface area contributed by atoms with Crippen LogP contribution >= 0.6 is 47.8 Å². The van der Waals surface area contributed by atoms with Crippen molar-refractivity contribution in [1.82, 2.24) is 0 Å². The molecule has 4 heteroatoms. The van der Waals surface area contributed by atoms with Gasteiger partial charge in [-0.1, -0.05) is 54.2 Å². The molecule has 1 fully saturated rings. The summed E-state index contributed by atoms with van der Waals surface area (Å²) >= 11 is 10.1. The smallest absolute Gasteiger partial charge is 0.144 e. The number of hydrogen-bond donors (Lipinski definition) is 1. The van der Waals surface area contributed by atoms with Crippen molar-refractivity contribution < 1.29 is 5.11 Å². The summed E-state index contributed by atoms with van der Waals surface area (Å²) in [5, 5.41) is 9.73. The molecule has 0 aromatic rings. The molecule has 1 aliphatic rings. The van der Waals surface area contributed by atoms with E-state index in [2.05, 4.69) is 47.8 Å². The zero-order valence-electron chi connectivity index (χ0n) is 5.41. The van der Waals surface area contributed by atoms with Crippen molar-refractivity contribution in [1.29, 1.82) is 0 Å². The summed E-state index contributed by atoms with van der Waals surface area (Å²) in [4.78, 5) is 0. The van der Waals surface area contributed by atoms with Crippen LogP contribution < -0.4 is 0 Å². The first-order valence-electron chi connectivity index (χ1n) is 3.25. The Morgan fingerprint density at radius 1 is 1.00 bits per heavy atom. The fourth-order valence-corrected chi connectivity index (χ4v) is 2.52. The third kappa shape index (κ3) is 1.76. The minimum absolute atomic E-state index is 0.328. The quantitative estimate of drug-likeness (QED) is 0.674. The van der Waals surface area contributed by atoms with Gasteiger partial charge in [0.25, 0.3) is 0 Å². The molecule has 1 aliphatic carbocycles. The summed E-state index contributed by atoms with van der Waals surface area (Å²) in [6.45, 7) is 0. The number of aliphatic hydroxyl groups is 1.